The molecule has 0 saturated carbocycles. The number of methoxy groups -OCH3 is 1. The molecule has 0 aliphatic carbocycles. The smallest absolute Gasteiger partial charge is 0.414 e. The molecule has 0 radical (unpaired) electrons. The molecule has 8 heteroatoms. The highest BCUT2D eigenvalue weighted by atomic mass is 16.5. The van der Waals surface area contributed by atoms with Crippen LogP contribution in [0.1, 0.15) is 39.2 Å². The molecular formula is C20H30N2O6. The van der Waals surface area contributed by atoms with Crippen molar-refractivity contribution in [1.29, 1.82) is 0 Å². The van der Waals surface area contributed by atoms with Crippen LogP contribution in [0, 0.1) is 5.92 Å². The van der Waals surface area contributed by atoms with Gasteiger partial charge in [-0.25, -0.2) is 9.59 Å². The molecule has 1 aromatic rings. The molecule has 2 rings (SSSR count). The highest BCUT2D eigenvalue weighted by molar-refractivity contribution is 6.27. The number of benzene rings is 1. The summed E-state index contributed by atoms with van der Waals surface area (Å²) in [6.07, 6.45) is 1.87. The molecule has 156 valence electrons. The third-order valence-electron chi connectivity index (χ3n) is 4.18. The van der Waals surface area contributed by atoms with Crippen molar-refractivity contribution in [2.24, 2.45) is 5.92 Å². The average Bonchev–Trinajstić information content (AvgIpc) is 2.61. The van der Waals surface area contributed by atoms with Crippen molar-refractivity contribution < 1.29 is 29.3 Å². The molecule has 1 amide bonds. The van der Waals surface area contributed by atoms with Crippen molar-refractivity contribution in [3.63, 3.8) is 0 Å². The van der Waals surface area contributed by atoms with Crippen LogP contribution in [0.5, 0.6) is 5.75 Å². The Morgan fingerprint density at radius 3 is 2.18 bits per heavy atom. The number of aliphatic carboxylic acids is 2. The van der Waals surface area contributed by atoms with Gasteiger partial charge in [0.05, 0.1) is 7.11 Å². The molecule has 0 unspecified atom stereocenters. The zero-order chi connectivity index (χ0) is 21.3. The zero-order valence-corrected chi connectivity index (χ0v) is 16.9. The Hall–Kier alpha value is -2.61. The molecule has 1 fully saturated rings. The number of carboxylic acids is 2. The van der Waals surface area contributed by atoms with Gasteiger partial charge in [0.15, 0.2) is 0 Å². The molecule has 8 nitrogen and oxygen atoms in total. The van der Waals surface area contributed by atoms with Gasteiger partial charge in [0.2, 0.25) is 5.91 Å². The standard InChI is InChI=1S/C18H28N2O2.C2H2O4/c1-18(2,3)19-17(21)15-8-10-20(11-9-15)13-14-6-5-7-16(12-14)22-4;3-1(4)2(5)6/h5-7,12,15H,8-11,13H2,1-4H3,(H,19,21);(H,3,4)(H,5,6). The number of likely N-dealkylation sites (tertiary alicyclic amines) is 1. The zero-order valence-electron chi connectivity index (χ0n) is 16.9. The predicted molar refractivity (Wildman–Crippen MR) is 104 cm³/mol. The van der Waals surface area contributed by atoms with Gasteiger partial charge in [-0.05, 0) is 64.4 Å². The first kappa shape index (κ1) is 23.4. The molecule has 1 aliphatic heterocycles. The van der Waals surface area contributed by atoms with Crippen LogP contribution in [0.4, 0.5) is 0 Å². The van der Waals surface area contributed by atoms with Gasteiger partial charge in [-0.1, -0.05) is 12.1 Å². The van der Waals surface area contributed by atoms with Crippen molar-refractivity contribution in [3.05, 3.63) is 29.8 Å². The van der Waals surface area contributed by atoms with Crippen LogP contribution in [0.25, 0.3) is 0 Å². The Bertz CT molecular complexity index is 664. The van der Waals surface area contributed by atoms with Crippen LogP contribution in [-0.2, 0) is 20.9 Å². The van der Waals surface area contributed by atoms with Gasteiger partial charge in [-0.2, -0.15) is 0 Å². The number of carbonyl (C=O) groups is 3. The summed E-state index contributed by atoms with van der Waals surface area (Å²) in [7, 11) is 1.69. The van der Waals surface area contributed by atoms with E-state index in [1.54, 1.807) is 7.11 Å². The van der Waals surface area contributed by atoms with E-state index in [0.717, 1.165) is 38.2 Å². The first-order chi connectivity index (χ1) is 13.0. The van der Waals surface area contributed by atoms with Crippen molar-refractivity contribution in [1.82, 2.24) is 10.2 Å². The number of nitrogens with zero attached hydrogens (tertiary/aromatic N) is 1. The van der Waals surface area contributed by atoms with Crippen LogP contribution < -0.4 is 10.1 Å². The minimum Gasteiger partial charge on any atom is -0.497 e. The number of nitrogens with one attached hydrogen (secondary N) is 1. The van der Waals surface area contributed by atoms with Gasteiger partial charge in [0, 0.05) is 18.0 Å². The van der Waals surface area contributed by atoms with E-state index in [1.807, 2.05) is 32.9 Å². The van der Waals surface area contributed by atoms with Crippen LogP contribution in [0.15, 0.2) is 24.3 Å². The molecule has 0 spiro atoms. The summed E-state index contributed by atoms with van der Waals surface area (Å²) in [6, 6.07) is 8.20. The number of carboxylic acid groups (broad SMARTS) is 2. The van der Waals surface area contributed by atoms with Gasteiger partial charge < -0.3 is 20.3 Å². The number of rotatable bonds is 4. The van der Waals surface area contributed by atoms with Crippen LogP contribution in [0.3, 0.4) is 0 Å². The largest absolute Gasteiger partial charge is 0.497 e. The topological polar surface area (TPSA) is 116 Å². The van der Waals surface area contributed by atoms with Crippen molar-refractivity contribution in [3.8, 4) is 5.75 Å². The van der Waals surface area contributed by atoms with Gasteiger partial charge in [-0.3, -0.25) is 9.69 Å². The van der Waals surface area contributed by atoms with E-state index >= 15 is 0 Å². The van der Waals surface area contributed by atoms with Gasteiger partial charge in [-0.15, -0.1) is 0 Å². The summed E-state index contributed by atoms with van der Waals surface area (Å²) in [5.41, 5.74) is 1.12. The van der Waals surface area contributed by atoms with E-state index in [2.05, 4.69) is 22.3 Å². The maximum Gasteiger partial charge on any atom is 0.414 e. The summed E-state index contributed by atoms with van der Waals surface area (Å²) in [6.45, 7) is 8.96. The Morgan fingerprint density at radius 2 is 1.71 bits per heavy atom. The highest BCUT2D eigenvalue weighted by Gasteiger charge is 2.27. The van der Waals surface area contributed by atoms with Crippen molar-refractivity contribution in [2.75, 3.05) is 20.2 Å². The average molecular weight is 394 g/mol. The Kier molecular flexibility index (Phi) is 8.91. The minimum atomic E-state index is -1.82. The number of piperidine rings is 1. The summed E-state index contributed by atoms with van der Waals surface area (Å²) in [4.78, 5) is 32.8. The van der Waals surface area contributed by atoms with E-state index < -0.39 is 11.9 Å². The van der Waals surface area contributed by atoms with E-state index in [9.17, 15) is 4.79 Å². The lowest BCUT2D eigenvalue weighted by molar-refractivity contribution is -0.159. The SMILES string of the molecule is COc1cccc(CN2CCC(C(=O)NC(C)(C)C)CC2)c1.O=C(O)C(=O)O. The van der Waals surface area contributed by atoms with Crippen LogP contribution in [-0.4, -0.2) is 58.7 Å². The Morgan fingerprint density at radius 1 is 1.14 bits per heavy atom. The number of carbonyl (C=O) groups excluding carboxylic acids is 1. The van der Waals surface area contributed by atoms with Crippen molar-refractivity contribution in [2.45, 2.75) is 45.7 Å². The second-order valence-electron chi connectivity index (χ2n) is 7.75. The van der Waals surface area contributed by atoms with E-state index in [0.29, 0.717) is 0 Å². The quantitative estimate of drug-likeness (QED) is 0.669. The van der Waals surface area contributed by atoms with Crippen LogP contribution >= 0.6 is 0 Å². The first-order valence-corrected chi connectivity index (χ1v) is 9.15. The van der Waals surface area contributed by atoms with E-state index in [4.69, 9.17) is 24.5 Å². The summed E-state index contributed by atoms with van der Waals surface area (Å²) >= 11 is 0. The maximum atomic E-state index is 12.2. The Labute approximate surface area is 165 Å². The molecule has 28 heavy (non-hydrogen) atoms. The molecule has 0 atom stereocenters. The Balaban J connectivity index is 0.000000568. The fourth-order valence-electron chi connectivity index (χ4n) is 2.85. The van der Waals surface area contributed by atoms with Crippen LogP contribution in [0.2, 0.25) is 0 Å². The molecule has 1 aliphatic rings. The molecule has 1 saturated heterocycles. The molecule has 0 aromatic heterocycles. The third-order valence-corrected chi connectivity index (χ3v) is 4.18. The summed E-state index contributed by atoms with van der Waals surface area (Å²) < 4.78 is 5.27. The van der Waals surface area contributed by atoms with Gasteiger partial charge in [0.25, 0.3) is 0 Å². The number of hydrogen-bond acceptors (Lipinski definition) is 5. The first-order valence-electron chi connectivity index (χ1n) is 9.15. The maximum absolute atomic E-state index is 12.2. The van der Waals surface area contributed by atoms with E-state index in [1.165, 1.54) is 5.56 Å². The molecule has 1 aromatic carbocycles. The van der Waals surface area contributed by atoms with Crippen molar-refractivity contribution >= 4 is 17.8 Å². The molecular weight excluding hydrogens is 364 g/mol. The van der Waals surface area contributed by atoms with E-state index in [-0.39, 0.29) is 17.4 Å². The fourth-order valence-corrected chi connectivity index (χ4v) is 2.85. The molecule has 0 bridgehead atoms. The highest BCUT2D eigenvalue weighted by Crippen LogP contribution is 2.21. The molecule has 3 N–H and O–H groups in total. The summed E-state index contributed by atoms with van der Waals surface area (Å²) in [5.74, 6) is -2.39. The number of amides is 1. The lowest BCUT2D eigenvalue weighted by Crippen LogP contribution is -2.46. The normalized spacial score (nSPS) is 15.1. The monoisotopic (exact) mass is 394 g/mol. The number of hydrogen-bond donors (Lipinski definition) is 3. The van der Waals surface area contributed by atoms with Gasteiger partial charge in [0.1, 0.15) is 5.75 Å². The predicted octanol–water partition coefficient (Wildman–Crippen LogP) is 1.98. The third kappa shape index (κ3) is 8.85. The number of ether oxygens (including phenoxy) is 1. The fraction of sp³-hybridized carbons (Fsp3) is 0.550. The minimum absolute atomic E-state index is 0.144. The summed E-state index contributed by atoms with van der Waals surface area (Å²) in [5, 5.41) is 17.9. The second-order valence-corrected chi connectivity index (χ2v) is 7.75. The van der Waals surface area contributed by atoms with Gasteiger partial charge >= 0.3 is 11.9 Å². The molecule has 1 heterocycles. The lowest BCUT2D eigenvalue weighted by Gasteiger charge is -2.33. The second kappa shape index (κ2) is 10.7. The lowest BCUT2D eigenvalue weighted by atomic mass is 9.94.